The lowest BCUT2D eigenvalue weighted by atomic mass is 10.1. The van der Waals surface area contributed by atoms with Crippen LogP contribution in [0.2, 0.25) is 0 Å². The monoisotopic (exact) mass is 374 g/mol. The van der Waals surface area contributed by atoms with Crippen molar-refractivity contribution in [2.24, 2.45) is 0 Å². The molecule has 0 saturated carbocycles. The van der Waals surface area contributed by atoms with Crippen LogP contribution in [-0.4, -0.2) is 72.7 Å². The summed E-state index contributed by atoms with van der Waals surface area (Å²) in [6.07, 6.45) is 5.72. The van der Waals surface area contributed by atoms with E-state index in [9.17, 15) is 5.11 Å². The van der Waals surface area contributed by atoms with E-state index >= 15 is 0 Å². The molecule has 1 fully saturated rings. The third kappa shape index (κ3) is 5.36. The Labute approximate surface area is 162 Å². The largest absolute Gasteiger partial charge is 0.454 e. The van der Waals surface area contributed by atoms with Gasteiger partial charge in [-0.15, -0.1) is 6.42 Å². The number of hydrogen-bond donors (Lipinski definition) is 1. The molecule has 0 amide bonds. The van der Waals surface area contributed by atoms with Crippen LogP contribution < -0.4 is 9.47 Å². The number of piperazine rings is 1. The minimum absolute atomic E-state index is 0.270. The van der Waals surface area contributed by atoms with E-state index < -0.39 is 11.7 Å². The molecule has 1 N–H and O–H groups in total. The lowest BCUT2D eigenvalue weighted by molar-refractivity contribution is -0.0501. The average molecular weight is 374 g/mol. The number of nitrogens with zero attached hydrogens (tertiary/aromatic N) is 2. The Morgan fingerprint density at radius 3 is 2.63 bits per heavy atom. The number of terminal acetylenes is 1. The van der Waals surface area contributed by atoms with Crippen LogP contribution in [0.25, 0.3) is 0 Å². The van der Waals surface area contributed by atoms with Gasteiger partial charge >= 0.3 is 0 Å². The molecule has 0 spiro atoms. The van der Waals surface area contributed by atoms with Gasteiger partial charge in [-0.05, 0) is 31.0 Å². The summed E-state index contributed by atoms with van der Waals surface area (Å²) in [7, 11) is 0. The first kappa shape index (κ1) is 20.0. The Balaban J connectivity index is 1.39. The minimum Gasteiger partial charge on any atom is -0.454 e. The summed E-state index contributed by atoms with van der Waals surface area (Å²) in [5.74, 6) is 4.32. The van der Waals surface area contributed by atoms with E-state index in [0.717, 1.165) is 50.6 Å². The van der Waals surface area contributed by atoms with Gasteiger partial charge < -0.3 is 19.3 Å². The first-order chi connectivity index (χ1) is 13.0. The van der Waals surface area contributed by atoms with Crippen molar-refractivity contribution >= 4 is 0 Å². The number of rotatable bonds is 8. The number of benzene rings is 1. The molecule has 0 unspecified atom stereocenters. The van der Waals surface area contributed by atoms with E-state index in [-0.39, 0.29) is 6.61 Å². The Kier molecular flexibility index (Phi) is 6.61. The molecule has 6 nitrogen and oxygen atoms in total. The topological polar surface area (TPSA) is 54.4 Å². The molecule has 148 valence electrons. The van der Waals surface area contributed by atoms with E-state index in [2.05, 4.69) is 27.9 Å². The zero-order valence-electron chi connectivity index (χ0n) is 16.3. The van der Waals surface area contributed by atoms with E-state index in [1.807, 2.05) is 19.9 Å². The van der Waals surface area contributed by atoms with Crippen LogP contribution in [0.15, 0.2) is 18.2 Å². The molecule has 2 aliphatic rings. The second-order valence-electron chi connectivity index (χ2n) is 7.46. The summed E-state index contributed by atoms with van der Waals surface area (Å²) in [5.41, 5.74) is 0.638. The predicted octanol–water partition coefficient (Wildman–Crippen LogP) is 1.71. The second kappa shape index (κ2) is 8.94. The molecular formula is C21H30N2O4. The fourth-order valence-electron chi connectivity index (χ4n) is 3.30. The highest BCUT2D eigenvalue weighted by Crippen LogP contribution is 2.32. The van der Waals surface area contributed by atoms with Crippen LogP contribution in [0.1, 0.15) is 25.8 Å². The van der Waals surface area contributed by atoms with Crippen molar-refractivity contribution in [3.63, 3.8) is 0 Å². The van der Waals surface area contributed by atoms with Crippen LogP contribution in [0.4, 0.5) is 0 Å². The van der Waals surface area contributed by atoms with Crippen molar-refractivity contribution < 1.29 is 19.3 Å². The molecule has 3 rings (SSSR count). The molecule has 0 aromatic heterocycles. The SMILES string of the molecule is C#C[C@@](C)(CC)OC[C@@H](O)CN1CCN(Cc2ccc3c(c2)OCO3)CC1. The Hall–Kier alpha value is -1.78. The van der Waals surface area contributed by atoms with Gasteiger partial charge in [0, 0.05) is 39.3 Å². The van der Waals surface area contributed by atoms with E-state index in [4.69, 9.17) is 20.6 Å². The highest BCUT2D eigenvalue weighted by molar-refractivity contribution is 5.44. The van der Waals surface area contributed by atoms with Gasteiger partial charge in [-0.2, -0.15) is 0 Å². The number of ether oxygens (including phenoxy) is 3. The lowest BCUT2D eigenvalue weighted by Gasteiger charge is -2.36. The van der Waals surface area contributed by atoms with Crippen molar-refractivity contribution in [2.75, 3.05) is 46.1 Å². The van der Waals surface area contributed by atoms with Gasteiger partial charge in [0.2, 0.25) is 6.79 Å². The first-order valence-corrected chi connectivity index (χ1v) is 9.64. The highest BCUT2D eigenvalue weighted by Gasteiger charge is 2.24. The summed E-state index contributed by atoms with van der Waals surface area (Å²) in [6, 6.07) is 6.13. The number of aliphatic hydroxyl groups excluding tert-OH is 1. The van der Waals surface area contributed by atoms with Crippen molar-refractivity contribution in [1.82, 2.24) is 9.80 Å². The van der Waals surface area contributed by atoms with Gasteiger partial charge in [-0.3, -0.25) is 9.80 Å². The third-order valence-corrected chi connectivity index (χ3v) is 5.35. The molecule has 1 aromatic carbocycles. The summed E-state index contributed by atoms with van der Waals surface area (Å²) in [5, 5.41) is 10.3. The van der Waals surface area contributed by atoms with Gasteiger partial charge in [0.05, 0.1) is 12.7 Å². The molecule has 2 heterocycles. The molecule has 27 heavy (non-hydrogen) atoms. The van der Waals surface area contributed by atoms with Gasteiger partial charge in [-0.1, -0.05) is 18.9 Å². The fourth-order valence-corrected chi connectivity index (χ4v) is 3.30. The standard InChI is InChI=1S/C21H30N2O4/c1-4-21(3,5-2)27-15-18(24)14-23-10-8-22(9-11-23)13-17-6-7-19-20(12-17)26-16-25-19/h1,6-7,12,18,24H,5,8-11,13-16H2,2-3H3/t18-,21-/m0/s1. The normalized spacial score (nSPS) is 20.8. The van der Waals surface area contributed by atoms with Crippen LogP contribution >= 0.6 is 0 Å². The number of hydrogen-bond acceptors (Lipinski definition) is 6. The molecule has 1 aromatic rings. The summed E-state index contributed by atoms with van der Waals surface area (Å²) >= 11 is 0. The second-order valence-corrected chi connectivity index (χ2v) is 7.46. The maximum Gasteiger partial charge on any atom is 0.231 e. The Morgan fingerprint density at radius 1 is 1.22 bits per heavy atom. The van der Waals surface area contributed by atoms with Crippen molar-refractivity contribution in [1.29, 1.82) is 0 Å². The molecule has 0 aliphatic carbocycles. The molecule has 2 aliphatic heterocycles. The molecule has 1 saturated heterocycles. The smallest absolute Gasteiger partial charge is 0.231 e. The molecule has 0 bridgehead atoms. The third-order valence-electron chi connectivity index (χ3n) is 5.35. The van der Waals surface area contributed by atoms with Crippen LogP contribution in [0, 0.1) is 12.3 Å². The Bertz CT molecular complexity index is 667. The van der Waals surface area contributed by atoms with Crippen LogP contribution in [0.3, 0.4) is 0 Å². The maximum absolute atomic E-state index is 10.3. The average Bonchev–Trinajstić information content (AvgIpc) is 3.15. The zero-order valence-corrected chi connectivity index (χ0v) is 16.3. The summed E-state index contributed by atoms with van der Waals surface area (Å²) in [4.78, 5) is 4.70. The van der Waals surface area contributed by atoms with Crippen molar-refractivity contribution in [2.45, 2.75) is 38.5 Å². The minimum atomic E-state index is -0.593. The Morgan fingerprint density at radius 2 is 1.93 bits per heavy atom. The van der Waals surface area contributed by atoms with Crippen LogP contribution in [-0.2, 0) is 11.3 Å². The zero-order chi connectivity index (χ0) is 19.3. The van der Waals surface area contributed by atoms with Crippen molar-refractivity contribution in [3.8, 4) is 23.8 Å². The fraction of sp³-hybridized carbons (Fsp3) is 0.619. The lowest BCUT2D eigenvalue weighted by Crippen LogP contribution is -2.49. The predicted molar refractivity (Wildman–Crippen MR) is 104 cm³/mol. The van der Waals surface area contributed by atoms with E-state index in [1.54, 1.807) is 0 Å². The van der Waals surface area contributed by atoms with Gasteiger partial charge in [-0.25, -0.2) is 0 Å². The maximum atomic E-state index is 10.3. The molecular weight excluding hydrogens is 344 g/mol. The number of aliphatic hydroxyl groups is 1. The van der Waals surface area contributed by atoms with Gasteiger partial charge in [0.15, 0.2) is 11.5 Å². The van der Waals surface area contributed by atoms with Gasteiger partial charge in [0.25, 0.3) is 0 Å². The summed E-state index contributed by atoms with van der Waals surface area (Å²) < 4.78 is 16.5. The van der Waals surface area contributed by atoms with E-state index in [1.165, 1.54) is 5.56 Å². The first-order valence-electron chi connectivity index (χ1n) is 9.64. The molecule has 2 atom stereocenters. The molecule has 6 heteroatoms. The van der Waals surface area contributed by atoms with Crippen LogP contribution in [0.5, 0.6) is 11.5 Å². The number of fused-ring (bicyclic) bond motifs is 1. The quantitative estimate of drug-likeness (QED) is 0.699. The molecule has 0 radical (unpaired) electrons. The van der Waals surface area contributed by atoms with E-state index in [0.29, 0.717) is 13.3 Å². The van der Waals surface area contributed by atoms with Crippen molar-refractivity contribution in [3.05, 3.63) is 23.8 Å². The van der Waals surface area contributed by atoms with Gasteiger partial charge in [0.1, 0.15) is 5.60 Å². The highest BCUT2D eigenvalue weighted by atomic mass is 16.7. The number of β-amino-alcohol motifs (C(OH)–C–C–N with tert-alkyl or cyclic N) is 1. The summed E-state index contributed by atoms with van der Waals surface area (Å²) in [6.45, 7) is 9.77.